The number of benzene rings is 1. The number of hydrogen-bond acceptors (Lipinski definition) is 5. The minimum absolute atomic E-state index is 0.741. The zero-order valence-corrected chi connectivity index (χ0v) is 14.2. The van der Waals surface area contributed by atoms with Crippen LogP contribution in [0.15, 0.2) is 30.3 Å². The number of piperazine rings is 1. The van der Waals surface area contributed by atoms with Gasteiger partial charge in [0.2, 0.25) is 0 Å². The molecular weight excluding hydrogens is 300 g/mol. The summed E-state index contributed by atoms with van der Waals surface area (Å²) in [6.07, 6.45) is 5.63. The molecule has 0 bridgehead atoms. The molecule has 6 heteroatoms. The van der Waals surface area contributed by atoms with E-state index in [9.17, 15) is 0 Å². The van der Waals surface area contributed by atoms with Gasteiger partial charge in [0, 0.05) is 32.2 Å². The molecule has 1 aromatic heterocycles. The normalized spacial score (nSPS) is 20.7. The maximum atomic E-state index is 4.25. The van der Waals surface area contributed by atoms with Gasteiger partial charge in [-0.3, -0.25) is 9.80 Å². The number of hydrogen-bond donors (Lipinski definition) is 0. The SMILES string of the molecule is c1ccc(Cn2nnnc2CN2CCN(C3CCCC3)CC2)cc1. The van der Waals surface area contributed by atoms with Crippen molar-refractivity contribution in [1.82, 2.24) is 30.0 Å². The number of nitrogens with zero attached hydrogens (tertiary/aromatic N) is 6. The van der Waals surface area contributed by atoms with E-state index >= 15 is 0 Å². The Labute approximate surface area is 143 Å². The first-order valence-electron chi connectivity index (χ1n) is 9.14. The Bertz CT molecular complexity index is 626. The number of rotatable bonds is 5. The highest BCUT2D eigenvalue weighted by atomic mass is 15.5. The summed E-state index contributed by atoms with van der Waals surface area (Å²) in [7, 11) is 0. The summed E-state index contributed by atoms with van der Waals surface area (Å²) in [5.41, 5.74) is 1.23. The van der Waals surface area contributed by atoms with Gasteiger partial charge >= 0.3 is 0 Å². The minimum Gasteiger partial charge on any atom is -0.298 e. The van der Waals surface area contributed by atoms with Crippen LogP contribution in [0.25, 0.3) is 0 Å². The van der Waals surface area contributed by atoms with Gasteiger partial charge in [0.05, 0.1) is 13.1 Å². The lowest BCUT2D eigenvalue weighted by Crippen LogP contribution is -2.49. The Balaban J connectivity index is 1.33. The second-order valence-electron chi connectivity index (χ2n) is 6.99. The van der Waals surface area contributed by atoms with Crippen LogP contribution in [0.4, 0.5) is 0 Å². The minimum atomic E-state index is 0.741. The Hall–Kier alpha value is -1.79. The first-order valence-corrected chi connectivity index (χ1v) is 9.14. The highest BCUT2D eigenvalue weighted by Gasteiger charge is 2.26. The van der Waals surface area contributed by atoms with Gasteiger partial charge in [0.25, 0.3) is 0 Å². The first-order chi connectivity index (χ1) is 11.9. The van der Waals surface area contributed by atoms with Crippen LogP contribution < -0.4 is 0 Å². The van der Waals surface area contributed by atoms with Gasteiger partial charge in [-0.2, -0.15) is 0 Å². The van der Waals surface area contributed by atoms with Gasteiger partial charge in [0.15, 0.2) is 5.82 Å². The first kappa shape index (κ1) is 15.7. The fourth-order valence-corrected chi connectivity index (χ4v) is 3.97. The Morgan fingerprint density at radius 3 is 2.42 bits per heavy atom. The maximum Gasteiger partial charge on any atom is 0.165 e. The topological polar surface area (TPSA) is 50.1 Å². The van der Waals surface area contributed by atoms with Crippen LogP contribution >= 0.6 is 0 Å². The van der Waals surface area contributed by atoms with Crippen molar-refractivity contribution in [2.75, 3.05) is 26.2 Å². The van der Waals surface area contributed by atoms with Gasteiger partial charge in [-0.05, 0) is 28.8 Å². The predicted octanol–water partition coefficient (Wildman–Crippen LogP) is 1.78. The molecule has 0 N–H and O–H groups in total. The van der Waals surface area contributed by atoms with E-state index in [1.807, 2.05) is 10.7 Å². The molecule has 6 nitrogen and oxygen atoms in total. The van der Waals surface area contributed by atoms with Gasteiger partial charge in [-0.15, -0.1) is 5.10 Å². The van der Waals surface area contributed by atoms with E-state index < -0.39 is 0 Å². The molecule has 2 aliphatic rings. The van der Waals surface area contributed by atoms with Gasteiger partial charge in [-0.25, -0.2) is 4.68 Å². The smallest absolute Gasteiger partial charge is 0.165 e. The van der Waals surface area contributed by atoms with Gasteiger partial charge in [0.1, 0.15) is 0 Å². The zero-order valence-electron chi connectivity index (χ0n) is 14.2. The third-order valence-electron chi connectivity index (χ3n) is 5.39. The Morgan fingerprint density at radius 1 is 0.917 bits per heavy atom. The summed E-state index contributed by atoms with van der Waals surface area (Å²) in [6, 6.07) is 11.2. The van der Waals surface area contributed by atoms with Crippen molar-refractivity contribution in [3.63, 3.8) is 0 Å². The van der Waals surface area contributed by atoms with Crippen molar-refractivity contribution in [3.8, 4) is 0 Å². The molecule has 0 amide bonds. The molecule has 24 heavy (non-hydrogen) atoms. The summed E-state index contributed by atoms with van der Waals surface area (Å²) in [5, 5.41) is 12.3. The van der Waals surface area contributed by atoms with Crippen LogP contribution in [-0.4, -0.2) is 62.2 Å². The lowest BCUT2D eigenvalue weighted by molar-refractivity contribution is 0.0912. The fraction of sp³-hybridized carbons (Fsp3) is 0.611. The molecule has 1 aromatic carbocycles. The predicted molar refractivity (Wildman–Crippen MR) is 92.5 cm³/mol. The van der Waals surface area contributed by atoms with Crippen LogP contribution in [0.3, 0.4) is 0 Å². The largest absolute Gasteiger partial charge is 0.298 e. The van der Waals surface area contributed by atoms with Crippen LogP contribution in [-0.2, 0) is 13.1 Å². The van der Waals surface area contributed by atoms with E-state index in [0.717, 1.165) is 38.0 Å². The van der Waals surface area contributed by atoms with Crippen LogP contribution in [0.2, 0.25) is 0 Å². The Kier molecular flexibility index (Phi) is 4.85. The highest BCUT2D eigenvalue weighted by molar-refractivity contribution is 5.14. The van der Waals surface area contributed by atoms with Crippen LogP contribution in [0.5, 0.6) is 0 Å². The van der Waals surface area contributed by atoms with E-state index in [2.05, 4.69) is 49.6 Å². The number of aromatic nitrogens is 4. The standard InChI is InChI=1S/C18H26N6/c1-2-6-16(7-3-1)14-24-18(19-20-21-24)15-22-10-12-23(13-11-22)17-8-4-5-9-17/h1-3,6-7,17H,4-5,8-15H2. The monoisotopic (exact) mass is 326 g/mol. The summed E-state index contributed by atoms with van der Waals surface area (Å²) in [6.45, 7) is 6.20. The van der Waals surface area contributed by atoms with Crippen molar-refractivity contribution in [2.24, 2.45) is 0 Å². The average Bonchev–Trinajstić information content (AvgIpc) is 3.29. The molecule has 0 spiro atoms. The fourth-order valence-electron chi connectivity index (χ4n) is 3.97. The molecular formula is C18H26N6. The van der Waals surface area contributed by atoms with E-state index in [1.165, 1.54) is 44.3 Å². The quantitative estimate of drug-likeness (QED) is 0.838. The highest BCUT2D eigenvalue weighted by Crippen LogP contribution is 2.24. The second-order valence-corrected chi connectivity index (χ2v) is 6.99. The van der Waals surface area contributed by atoms with Gasteiger partial charge < -0.3 is 0 Å². The van der Waals surface area contributed by atoms with Crippen molar-refractivity contribution < 1.29 is 0 Å². The molecule has 1 saturated carbocycles. The molecule has 0 atom stereocenters. The Morgan fingerprint density at radius 2 is 1.67 bits per heavy atom. The summed E-state index contributed by atoms with van der Waals surface area (Å²) in [5.74, 6) is 0.966. The summed E-state index contributed by atoms with van der Waals surface area (Å²) >= 11 is 0. The molecule has 2 fully saturated rings. The zero-order chi connectivity index (χ0) is 16.2. The van der Waals surface area contributed by atoms with Crippen molar-refractivity contribution in [2.45, 2.75) is 44.8 Å². The van der Waals surface area contributed by atoms with Crippen LogP contribution in [0.1, 0.15) is 37.1 Å². The molecule has 1 aliphatic heterocycles. The van der Waals surface area contributed by atoms with Gasteiger partial charge in [-0.1, -0.05) is 43.2 Å². The van der Waals surface area contributed by atoms with Crippen molar-refractivity contribution in [3.05, 3.63) is 41.7 Å². The average molecular weight is 326 g/mol. The maximum absolute atomic E-state index is 4.25. The number of tetrazole rings is 1. The van der Waals surface area contributed by atoms with Crippen molar-refractivity contribution >= 4 is 0 Å². The molecule has 2 aromatic rings. The van der Waals surface area contributed by atoms with E-state index in [1.54, 1.807) is 0 Å². The molecule has 1 aliphatic carbocycles. The van der Waals surface area contributed by atoms with E-state index in [4.69, 9.17) is 0 Å². The second kappa shape index (κ2) is 7.40. The summed E-state index contributed by atoms with van der Waals surface area (Å²) in [4.78, 5) is 5.18. The molecule has 1 saturated heterocycles. The summed E-state index contributed by atoms with van der Waals surface area (Å²) < 4.78 is 1.93. The molecule has 128 valence electrons. The lowest BCUT2D eigenvalue weighted by atomic mass is 10.2. The molecule has 4 rings (SSSR count). The third-order valence-corrected chi connectivity index (χ3v) is 5.39. The molecule has 0 radical (unpaired) electrons. The lowest BCUT2D eigenvalue weighted by Gasteiger charge is -2.37. The molecule has 2 heterocycles. The van der Waals surface area contributed by atoms with E-state index in [0.29, 0.717) is 0 Å². The molecule has 0 unspecified atom stereocenters. The van der Waals surface area contributed by atoms with E-state index in [-0.39, 0.29) is 0 Å². The third kappa shape index (κ3) is 3.65. The van der Waals surface area contributed by atoms with Crippen LogP contribution in [0, 0.1) is 0 Å². The van der Waals surface area contributed by atoms with Crippen molar-refractivity contribution in [1.29, 1.82) is 0 Å².